The lowest BCUT2D eigenvalue weighted by Gasteiger charge is -2.30. The first-order valence-electron chi connectivity index (χ1n) is 7.47. The second-order valence-corrected chi connectivity index (χ2v) is 5.86. The topological polar surface area (TPSA) is 61.4 Å². The van der Waals surface area contributed by atoms with E-state index in [1.807, 2.05) is 6.20 Å². The third kappa shape index (κ3) is 2.32. The highest BCUT2D eigenvalue weighted by Gasteiger charge is 2.51. The standard InChI is InChI=1S/C15H21N3O2/c19-13-15(9-5-2-6-10-15)17-14(20)18(13)16-11-12-7-3-1-4-8-12/h1,3,11,16H,2,4-10H2,(H,17,20)/b12-11-. The lowest BCUT2D eigenvalue weighted by atomic mass is 9.82. The van der Waals surface area contributed by atoms with Crippen molar-refractivity contribution in [2.24, 2.45) is 0 Å². The predicted octanol–water partition coefficient (Wildman–Crippen LogP) is 2.37. The summed E-state index contributed by atoms with van der Waals surface area (Å²) in [5.74, 6) is -0.120. The predicted molar refractivity (Wildman–Crippen MR) is 75.4 cm³/mol. The SMILES string of the molecule is O=C1NC2(CCCCC2)C(=O)N1N/C=C1/CC=CCC1. The Balaban J connectivity index is 1.69. The third-order valence-electron chi connectivity index (χ3n) is 4.45. The van der Waals surface area contributed by atoms with Gasteiger partial charge in [-0.1, -0.05) is 31.4 Å². The van der Waals surface area contributed by atoms with Gasteiger partial charge in [0.2, 0.25) is 0 Å². The molecule has 20 heavy (non-hydrogen) atoms. The van der Waals surface area contributed by atoms with Gasteiger partial charge in [0.1, 0.15) is 5.54 Å². The van der Waals surface area contributed by atoms with E-state index in [9.17, 15) is 9.59 Å². The van der Waals surface area contributed by atoms with E-state index in [0.29, 0.717) is 0 Å². The second-order valence-electron chi connectivity index (χ2n) is 5.86. The van der Waals surface area contributed by atoms with Gasteiger partial charge in [-0.3, -0.25) is 10.2 Å². The maximum absolute atomic E-state index is 12.5. The summed E-state index contributed by atoms with van der Waals surface area (Å²) in [5, 5.41) is 4.04. The lowest BCUT2D eigenvalue weighted by molar-refractivity contribution is -0.133. The van der Waals surface area contributed by atoms with Crippen molar-refractivity contribution in [2.75, 3.05) is 0 Å². The molecule has 0 atom stereocenters. The molecule has 108 valence electrons. The fourth-order valence-electron chi connectivity index (χ4n) is 3.24. The Morgan fingerprint density at radius 3 is 2.70 bits per heavy atom. The number of carbonyl (C=O) groups is 2. The molecule has 0 aromatic heterocycles. The molecule has 2 aliphatic carbocycles. The van der Waals surface area contributed by atoms with E-state index in [0.717, 1.165) is 56.4 Å². The molecule has 5 nitrogen and oxygen atoms in total. The van der Waals surface area contributed by atoms with E-state index in [1.165, 1.54) is 5.57 Å². The molecule has 0 aromatic rings. The van der Waals surface area contributed by atoms with Crippen LogP contribution in [0.25, 0.3) is 0 Å². The number of nitrogens with zero attached hydrogens (tertiary/aromatic N) is 1. The van der Waals surface area contributed by atoms with Crippen molar-refractivity contribution in [1.29, 1.82) is 0 Å². The van der Waals surface area contributed by atoms with Gasteiger partial charge >= 0.3 is 6.03 Å². The van der Waals surface area contributed by atoms with Crippen LogP contribution in [0.5, 0.6) is 0 Å². The highest BCUT2D eigenvalue weighted by Crippen LogP contribution is 2.33. The molecule has 1 spiro atoms. The minimum Gasteiger partial charge on any atom is -0.322 e. The van der Waals surface area contributed by atoms with Crippen molar-refractivity contribution < 1.29 is 9.59 Å². The number of allylic oxidation sites excluding steroid dienone is 3. The zero-order chi connectivity index (χ0) is 14.0. The van der Waals surface area contributed by atoms with E-state index in [1.54, 1.807) is 0 Å². The zero-order valence-corrected chi connectivity index (χ0v) is 11.7. The van der Waals surface area contributed by atoms with E-state index in [4.69, 9.17) is 0 Å². The summed E-state index contributed by atoms with van der Waals surface area (Å²) in [6, 6.07) is -0.319. The minimum absolute atomic E-state index is 0.120. The van der Waals surface area contributed by atoms with E-state index >= 15 is 0 Å². The van der Waals surface area contributed by atoms with Gasteiger partial charge in [0.25, 0.3) is 5.91 Å². The molecule has 2 N–H and O–H groups in total. The van der Waals surface area contributed by atoms with Gasteiger partial charge < -0.3 is 5.32 Å². The van der Waals surface area contributed by atoms with Crippen molar-refractivity contribution in [1.82, 2.24) is 15.8 Å². The summed E-state index contributed by atoms with van der Waals surface area (Å²) in [5.41, 5.74) is 3.47. The molecule has 3 aliphatic rings. The Kier molecular flexibility index (Phi) is 3.51. The molecule has 1 saturated carbocycles. The summed E-state index contributed by atoms with van der Waals surface area (Å²) in [6.07, 6.45) is 13.7. The van der Waals surface area contributed by atoms with Crippen LogP contribution in [0.2, 0.25) is 0 Å². The lowest BCUT2D eigenvalue weighted by Crippen LogP contribution is -2.49. The quantitative estimate of drug-likeness (QED) is 0.601. The summed E-state index contributed by atoms with van der Waals surface area (Å²) >= 11 is 0. The van der Waals surface area contributed by atoms with Crippen LogP contribution in [0.3, 0.4) is 0 Å². The Hall–Kier alpha value is -1.78. The number of amides is 3. The van der Waals surface area contributed by atoms with Crippen LogP contribution in [0.1, 0.15) is 51.4 Å². The fraction of sp³-hybridized carbons (Fsp3) is 0.600. The molecular weight excluding hydrogens is 254 g/mol. The molecule has 3 amide bonds. The number of urea groups is 1. The monoisotopic (exact) mass is 275 g/mol. The number of rotatable bonds is 2. The number of carbonyl (C=O) groups excluding carboxylic acids is 2. The molecule has 1 aliphatic heterocycles. The van der Waals surface area contributed by atoms with Crippen LogP contribution in [0.15, 0.2) is 23.9 Å². The van der Waals surface area contributed by atoms with Crippen LogP contribution in [0, 0.1) is 0 Å². The van der Waals surface area contributed by atoms with Crippen molar-refractivity contribution in [2.45, 2.75) is 56.9 Å². The van der Waals surface area contributed by atoms with Crippen LogP contribution in [0.4, 0.5) is 4.79 Å². The van der Waals surface area contributed by atoms with E-state index in [-0.39, 0.29) is 11.9 Å². The molecule has 3 rings (SSSR count). The van der Waals surface area contributed by atoms with Crippen LogP contribution >= 0.6 is 0 Å². The Morgan fingerprint density at radius 2 is 2.00 bits per heavy atom. The highest BCUT2D eigenvalue weighted by molar-refractivity contribution is 6.06. The van der Waals surface area contributed by atoms with Gasteiger partial charge in [0, 0.05) is 6.20 Å². The summed E-state index contributed by atoms with van der Waals surface area (Å²) in [7, 11) is 0. The van der Waals surface area contributed by atoms with Gasteiger partial charge in [-0.2, -0.15) is 5.01 Å². The third-order valence-corrected chi connectivity index (χ3v) is 4.45. The maximum atomic E-state index is 12.5. The first-order valence-corrected chi connectivity index (χ1v) is 7.47. The molecular formula is C15H21N3O2. The van der Waals surface area contributed by atoms with Crippen molar-refractivity contribution in [3.05, 3.63) is 23.9 Å². The average molecular weight is 275 g/mol. The number of imide groups is 1. The zero-order valence-electron chi connectivity index (χ0n) is 11.7. The van der Waals surface area contributed by atoms with E-state index < -0.39 is 5.54 Å². The second kappa shape index (κ2) is 5.31. The number of hydrazine groups is 1. The summed E-state index contributed by atoms with van der Waals surface area (Å²) < 4.78 is 0. The minimum atomic E-state index is -0.646. The Bertz CT molecular complexity index is 476. The number of hydrogen-bond acceptors (Lipinski definition) is 3. The fourth-order valence-corrected chi connectivity index (χ4v) is 3.24. The summed E-state index contributed by atoms with van der Waals surface area (Å²) in [4.78, 5) is 24.5. The number of hydrogen-bond donors (Lipinski definition) is 2. The van der Waals surface area contributed by atoms with Gasteiger partial charge in [-0.25, -0.2) is 4.79 Å². The maximum Gasteiger partial charge on any atom is 0.344 e. The Labute approximate surface area is 119 Å². The first-order chi connectivity index (χ1) is 9.71. The van der Waals surface area contributed by atoms with Gasteiger partial charge in [0.15, 0.2) is 0 Å². The normalized spacial score (nSPS) is 27.2. The van der Waals surface area contributed by atoms with Crippen LogP contribution < -0.4 is 10.7 Å². The molecule has 0 bridgehead atoms. The Morgan fingerprint density at radius 1 is 1.20 bits per heavy atom. The molecule has 1 heterocycles. The molecule has 5 heteroatoms. The van der Waals surface area contributed by atoms with Crippen molar-refractivity contribution in [3.8, 4) is 0 Å². The van der Waals surface area contributed by atoms with Crippen LogP contribution in [-0.4, -0.2) is 22.5 Å². The van der Waals surface area contributed by atoms with E-state index in [2.05, 4.69) is 22.9 Å². The molecule has 2 fully saturated rings. The first kappa shape index (κ1) is 13.2. The van der Waals surface area contributed by atoms with Crippen LogP contribution in [-0.2, 0) is 4.79 Å². The average Bonchev–Trinajstić information content (AvgIpc) is 2.70. The molecule has 0 unspecified atom stereocenters. The van der Waals surface area contributed by atoms with Gasteiger partial charge in [-0.05, 0) is 37.7 Å². The molecule has 0 radical (unpaired) electrons. The van der Waals surface area contributed by atoms with Gasteiger partial charge in [0.05, 0.1) is 0 Å². The van der Waals surface area contributed by atoms with Gasteiger partial charge in [-0.15, -0.1) is 0 Å². The summed E-state index contributed by atoms with van der Waals surface area (Å²) in [6.45, 7) is 0. The van der Waals surface area contributed by atoms with Crippen molar-refractivity contribution in [3.63, 3.8) is 0 Å². The highest BCUT2D eigenvalue weighted by atomic mass is 16.2. The smallest absolute Gasteiger partial charge is 0.322 e. The molecule has 0 aromatic carbocycles. The number of nitrogens with one attached hydrogen (secondary N) is 2. The largest absolute Gasteiger partial charge is 0.344 e. The molecule has 1 saturated heterocycles. The van der Waals surface area contributed by atoms with Crippen molar-refractivity contribution >= 4 is 11.9 Å².